The molecular weight excluding hydrogens is 416 g/mol. The number of amides is 1. The van der Waals surface area contributed by atoms with Gasteiger partial charge >= 0.3 is 0 Å². The lowest BCUT2D eigenvalue weighted by molar-refractivity contribution is -0.119. The van der Waals surface area contributed by atoms with Gasteiger partial charge in [0, 0.05) is 36.5 Å². The van der Waals surface area contributed by atoms with Crippen LogP contribution in [0.2, 0.25) is 0 Å². The highest BCUT2D eigenvalue weighted by Crippen LogP contribution is 2.27. The minimum atomic E-state index is -0.517. The fourth-order valence-electron chi connectivity index (χ4n) is 5.00. The standard InChI is InChI=1S/C26H28N4O3/c31-24-14-15-27-23-13-12-22(30(23)24)26(33)29-19-8-6-17(7-9-19)16-20-10-11-21(28-20)25(32)18-4-2-1-3-5-18/h1-9,14-15,20-22,25,28,32H,10-13,16H2,(H,29,33)/t20?,21-,22?,25?/m0/s1. The molecular formula is C26H28N4O3. The molecule has 3 N–H and O–H groups in total. The summed E-state index contributed by atoms with van der Waals surface area (Å²) in [5.41, 5.74) is 2.64. The van der Waals surface area contributed by atoms with Gasteiger partial charge in [-0.05, 0) is 48.9 Å². The number of hydrogen-bond acceptors (Lipinski definition) is 5. The smallest absolute Gasteiger partial charge is 0.254 e. The Balaban J connectivity index is 1.17. The van der Waals surface area contributed by atoms with E-state index in [1.807, 2.05) is 54.6 Å². The van der Waals surface area contributed by atoms with E-state index < -0.39 is 12.1 Å². The van der Waals surface area contributed by atoms with Crippen LogP contribution in [0, 0.1) is 0 Å². The van der Waals surface area contributed by atoms with E-state index in [0.717, 1.165) is 24.8 Å². The van der Waals surface area contributed by atoms with E-state index in [1.54, 1.807) is 0 Å². The Morgan fingerprint density at radius 3 is 2.67 bits per heavy atom. The number of aryl methyl sites for hydroxylation is 1. The van der Waals surface area contributed by atoms with Gasteiger partial charge in [-0.3, -0.25) is 14.2 Å². The molecule has 3 aromatic rings. The van der Waals surface area contributed by atoms with Crippen LogP contribution in [0.1, 0.15) is 48.4 Å². The van der Waals surface area contributed by atoms with Crippen molar-refractivity contribution in [2.45, 2.75) is 56.3 Å². The minimum absolute atomic E-state index is 0.0585. The Morgan fingerprint density at radius 2 is 1.88 bits per heavy atom. The van der Waals surface area contributed by atoms with Gasteiger partial charge in [0.1, 0.15) is 11.9 Å². The summed E-state index contributed by atoms with van der Waals surface area (Å²) in [5, 5.41) is 17.2. The molecule has 1 aromatic heterocycles. The number of carbonyl (C=O) groups is 1. The zero-order valence-electron chi connectivity index (χ0n) is 18.4. The third-order valence-electron chi connectivity index (χ3n) is 6.71. The highest BCUT2D eigenvalue weighted by atomic mass is 16.3. The molecule has 170 valence electrons. The SMILES string of the molecule is O=C(Nc1ccc(CC2CC[C@@H](C(O)c3ccccc3)N2)cc1)C1CCc2nccc(=O)n21. The summed E-state index contributed by atoms with van der Waals surface area (Å²) < 4.78 is 1.50. The summed E-state index contributed by atoms with van der Waals surface area (Å²) in [6, 6.07) is 18.9. The number of anilines is 1. The van der Waals surface area contributed by atoms with Crippen LogP contribution >= 0.6 is 0 Å². The molecule has 33 heavy (non-hydrogen) atoms. The molecule has 4 atom stereocenters. The summed E-state index contributed by atoms with van der Waals surface area (Å²) in [6.07, 6.45) is 5.02. The molecule has 5 rings (SSSR count). The van der Waals surface area contributed by atoms with Crippen LogP contribution in [0.15, 0.2) is 71.7 Å². The summed E-state index contributed by atoms with van der Waals surface area (Å²) in [5.74, 6) is 0.476. The largest absolute Gasteiger partial charge is 0.387 e. The van der Waals surface area contributed by atoms with Gasteiger partial charge in [0.05, 0.1) is 6.10 Å². The zero-order valence-corrected chi connectivity index (χ0v) is 18.4. The molecule has 0 spiro atoms. The van der Waals surface area contributed by atoms with Gasteiger partial charge in [-0.25, -0.2) is 4.98 Å². The van der Waals surface area contributed by atoms with Gasteiger partial charge in [-0.15, -0.1) is 0 Å². The second kappa shape index (κ2) is 9.29. The molecule has 1 fully saturated rings. The monoisotopic (exact) mass is 444 g/mol. The Bertz CT molecular complexity index is 1180. The van der Waals surface area contributed by atoms with Crippen molar-refractivity contribution < 1.29 is 9.90 Å². The van der Waals surface area contributed by atoms with Crippen LogP contribution in [0.4, 0.5) is 5.69 Å². The Morgan fingerprint density at radius 1 is 1.09 bits per heavy atom. The van der Waals surface area contributed by atoms with Crippen LogP contribution in [-0.4, -0.2) is 32.6 Å². The third-order valence-corrected chi connectivity index (χ3v) is 6.71. The fourth-order valence-corrected chi connectivity index (χ4v) is 5.00. The van der Waals surface area contributed by atoms with Crippen LogP contribution in [0.5, 0.6) is 0 Å². The number of carbonyl (C=O) groups excluding carboxylic acids is 1. The van der Waals surface area contributed by atoms with Crippen molar-refractivity contribution >= 4 is 11.6 Å². The molecule has 0 bridgehead atoms. The summed E-state index contributed by atoms with van der Waals surface area (Å²) >= 11 is 0. The van der Waals surface area contributed by atoms with Crippen molar-refractivity contribution in [1.82, 2.24) is 14.9 Å². The number of benzene rings is 2. The normalized spacial score (nSPS) is 22.6. The van der Waals surface area contributed by atoms with Crippen LogP contribution in [0.3, 0.4) is 0 Å². The van der Waals surface area contributed by atoms with Crippen LogP contribution in [0.25, 0.3) is 0 Å². The van der Waals surface area contributed by atoms with Crippen molar-refractivity contribution in [3.8, 4) is 0 Å². The molecule has 0 saturated carbocycles. The Labute approximate surface area is 192 Å². The van der Waals surface area contributed by atoms with Gasteiger partial charge in [0.2, 0.25) is 5.91 Å². The summed E-state index contributed by atoms with van der Waals surface area (Å²) in [4.78, 5) is 29.1. The summed E-state index contributed by atoms with van der Waals surface area (Å²) in [6.45, 7) is 0. The van der Waals surface area contributed by atoms with E-state index in [2.05, 4.69) is 15.6 Å². The highest BCUT2D eigenvalue weighted by molar-refractivity contribution is 5.94. The number of aliphatic hydroxyl groups excluding tert-OH is 1. The van der Waals surface area contributed by atoms with Crippen LogP contribution in [-0.2, 0) is 17.6 Å². The van der Waals surface area contributed by atoms with Gasteiger partial charge in [-0.2, -0.15) is 0 Å². The third kappa shape index (κ3) is 4.60. The quantitative estimate of drug-likeness (QED) is 0.543. The first-order chi connectivity index (χ1) is 16.1. The van der Waals surface area contributed by atoms with E-state index in [9.17, 15) is 14.7 Å². The number of aromatic nitrogens is 2. The molecule has 0 aliphatic carbocycles. The van der Waals surface area contributed by atoms with E-state index >= 15 is 0 Å². The maximum Gasteiger partial charge on any atom is 0.254 e. The first-order valence-electron chi connectivity index (χ1n) is 11.5. The topological polar surface area (TPSA) is 96.2 Å². The predicted molar refractivity (Wildman–Crippen MR) is 126 cm³/mol. The molecule has 2 aliphatic heterocycles. The Hall–Kier alpha value is -3.29. The van der Waals surface area contributed by atoms with Crippen LogP contribution < -0.4 is 16.2 Å². The molecule has 2 aromatic carbocycles. The highest BCUT2D eigenvalue weighted by Gasteiger charge is 2.31. The zero-order chi connectivity index (χ0) is 22.8. The van der Waals surface area contributed by atoms with Gasteiger partial charge in [0.25, 0.3) is 5.56 Å². The lowest BCUT2D eigenvalue weighted by Gasteiger charge is -2.20. The summed E-state index contributed by atoms with van der Waals surface area (Å²) in [7, 11) is 0. The minimum Gasteiger partial charge on any atom is -0.387 e. The van der Waals surface area contributed by atoms with Crippen molar-refractivity contribution in [2.24, 2.45) is 0 Å². The number of fused-ring (bicyclic) bond motifs is 1. The molecule has 7 nitrogen and oxygen atoms in total. The molecule has 2 aliphatic rings. The van der Waals surface area contributed by atoms with E-state index in [1.165, 1.54) is 22.4 Å². The van der Waals surface area contributed by atoms with Gasteiger partial charge in [0.15, 0.2) is 0 Å². The van der Waals surface area contributed by atoms with Crippen molar-refractivity contribution in [1.29, 1.82) is 0 Å². The van der Waals surface area contributed by atoms with Crippen molar-refractivity contribution in [2.75, 3.05) is 5.32 Å². The lowest BCUT2D eigenvalue weighted by atomic mass is 10.0. The average Bonchev–Trinajstić information content (AvgIpc) is 3.49. The van der Waals surface area contributed by atoms with E-state index in [-0.39, 0.29) is 17.5 Å². The molecule has 7 heteroatoms. The lowest BCUT2D eigenvalue weighted by Crippen LogP contribution is -2.35. The number of nitrogens with zero attached hydrogens (tertiary/aromatic N) is 2. The number of aliphatic hydroxyl groups is 1. The maximum absolute atomic E-state index is 12.8. The van der Waals surface area contributed by atoms with E-state index in [4.69, 9.17) is 0 Å². The van der Waals surface area contributed by atoms with Crippen molar-refractivity contribution in [3.05, 3.63) is 94.2 Å². The van der Waals surface area contributed by atoms with Crippen molar-refractivity contribution in [3.63, 3.8) is 0 Å². The number of nitrogens with one attached hydrogen (secondary N) is 2. The van der Waals surface area contributed by atoms with Gasteiger partial charge < -0.3 is 15.7 Å². The van der Waals surface area contributed by atoms with Gasteiger partial charge in [-0.1, -0.05) is 42.5 Å². The van der Waals surface area contributed by atoms with E-state index in [0.29, 0.717) is 30.4 Å². The maximum atomic E-state index is 12.8. The number of rotatable bonds is 6. The Kier molecular flexibility index (Phi) is 6.07. The molecule has 1 saturated heterocycles. The molecule has 1 amide bonds. The first kappa shape index (κ1) is 21.6. The molecule has 0 radical (unpaired) electrons. The number of hydrogen-bond donors (Lipinski definition) is 3. The fraction of sp³-hybridized carbons (Fsp3) is 0.346. The first-order valence-corrected chi connectivity index (χ1v) is 11.5. The average molecular weight is 445 g/mol. The second-order valence-corrected chi connectivity index (χ2v) is 8.92. The second-order valence-electron chi connectivity index (χ2n) is 8.92. The molecule has 3 heterocycles. The predicted octanol–water partition coefficient (Wildman–Crippen LogP) is 2.77. The molecule has 3 unspecified atom stereocenters.